The quantitative estimate of drug-likeness (QED) is 0.617. The molecule has 0 N–H and O–H groups in total. The summed E-state index contributed by atoms with van der Waals surface area (Å²) in [5.41, 5.74) is 0.0782. The van der Waals surface area contributed by atoms with Crippen molar-refractivity contribution in [2.75, 3.05) is 21.3 Å². The molecule has 5 heteroatoms. The van der Waals surface area contributed by atoms with Crippen LogP contribution in [0.5, 0.6) is 17.2 Å². The van der Waals surface area contributed by atoms with Crippen LogP contribution in [0.3, 0.4) is 0 Å². The second-order valence-electron chi connectivity index (χ2n) is 5.28. The number of methoxy groups -OCH3 is 3. The van der Waals surface area contributed by atoms with Crippen LogP contribution in [-0.4, -0.2) is 32.9 Å². The van der Waals surface area contributed by atoms with Crippen molar-refractivity contribution in [3.05, 3.63) is 23.8 Å². The van der Waals surface area contributed by atoms with Gasteiger partial charge < -0.3 is 18.9 Å². The third kappa shape index (κ3) is 4.70. The lowest BCUT2D eigenvalue weighted by Crippen LogP contribution is -2.22. The van der Waals surface area contributed by atoms with E-state index in [-0.39, 0.29) is 0 Å². The Bertz CT molecular complexity index is 526. The fourth-order valence-corrected chi connectivity index (χ4v) is 1.76. The van der Waals surface area contributed by atoms with E-state index in [1.165, 1.54) is 13.2 Å². The molecular formula is C16H22O5. The lowest BCUT2D eigenvalue weighted by Gasteiger charge is -2.18. The predicted molar refractivity (Wildman–Crippen MR) is 81.0 cm³/mol. The van der Waals surface area contributed by atoms with Crippen molar-refractivity contribution in [2.45, 2.75) is 26.4 Å². The van der Waals surface area contributed by atoms with Crippen LogP contribution in [0.15, 0.2) is 18.2 Å². The number of esters is 1. The highest BCUT2D eigenvalue weighted by molar-refractivity contribution is 5.89. The standard InChI is InChI=1S/C16H22O5/c1-16(2,3)21-14(17)10-7-11-12(18-4)8-9-13(19-5)15(11)20-6/h7-10H,1-6H3. The Balaban J connectivity index is 3.13. The lowest BCUT2D eigenvalue weighted by atomic mass is 10.1. The molecule has 0 aliphatic rings. The summed E-state index contributed by atoms with van der Waals surface area (Å²) in [6, 6.07) is 3.48. The highest BCUT2D eigenvalue weighted by Gasteiger charge is 2.16. The van der Waals surface area contributed by atoms with Crippen LogP contribution in [0.1, 0.15) is 26.3 Å². The van der Waals surface area contributed by atoms with Crippen molar-refractivity contribution in [1.29, 1.82) is 0 Å². The van der Waals surface area contributed by atoms with Gasteiger partial charge in [0.1, 0.15) is 11.4 Å². The number of hydrogen-bond acceptors (Lipinski definition) is 5. The maximum atomic E-state index is 11.8. The van der Waals surface area contributed by atoms with Gasteiger partial charge in [-0.3, -0.25) is 0 Å². The number of carbonyl (C=O) groups excluding carboxylic acids is 1. The average molecular weight is 294 g/mol. The summed E-state index contributed by atoms with van der Waals surface area (Å²) in [5.74, 6) is 1.20. The molecule has 21 heavy (non-hydrogen) atoms. The third-order valence-corrected chi connectivity index (χ3v) is 2.56. The molecule has 0 bridgehead atoms. The summed E-state index contributed by atoms with van der Waals surface area (Å²) >= 11 is 0. The number of ether oxygens (including phenoxy) is 4. The first-order valence-electron chi connectivity index (χ1n) is 6.52. The fourth-order valence-electron chi connectivity index (χ4n) is 1.76. The molecule has 0 heterocycles. The summed E-state index contributed by atoms with van der Waals surface area (Å²) in [6.45, 7) is 5.43. The summed E-state index contributed by atoms with van der Waals surface area (Å²) in [5, 5.41) is 0. The molecule has 0 fully saturated rings. The van der Waals surface area contributed by atoms with Crippen LogP contribution in [0.2, 0.25) is 0 Å². The highest BCUT2D eigenvalue weighted by Crippen LogP contribution is 2.38. The van der Waals surface area contributed by atoms with Crippen molar-refractivity contribution in [2.24, 2.45) is 0 Å². The molecule has 0 aliphatic carbocycles. The molecule has 0 aromatic heterocycles. The summed E-state index contributed by atoms with van der Waals surface area (Å²) < 4.78 is 21.1. The van der Waals surface area contributed by atoms with Gasteiger partial charge in [-0.15, -0.1) is 0 Å². The molecule has 0 spiro atoms. The van der Waals surface area contributed by atoms with E-state index >= 15 is 0 Å². The van der Waals surface area contributed by atoms with E-state index in [9.17, 15) is 4.79 Å². The van der Waals surface area contributed by atoms with Crippen molar-refractivity contribution in [3.63, 3.8) is 0 Å². The number of carbonyl (C=O) groups is 1. The topological polar surface area (TPSA) is 54.0 Å². The van der Waals surface area contributed by atoms with E-state index < -0.39 is 11.6 Å². The molecule has 0 aliphatic heterocycles. The Kier molecular flexibility index (Phi) is 5.64. The summed E-state index contributed by atoms with van der Waals surface area (Å²) in [4.78, 5) is 11.8. The zero-order valence-electron chi connectivity index (χ0n) is 13.4. The van der Waals surface area contributed by atoms with Crippen LogP contribution in [0.4, 0.5) is 0 Å². The SMILES string of the molecule is COc1ccc(OC)c(OC)c1C=CC(=O)OC(C)(C)C. The van der Waals surface area contributed by atoms with E-state index in [1.807, 2.05) is 20.8 Å². The third-order valence-electron chi connectivity index (χ3n) is 2.56. The minimum atomic E-state index is -0.538. The molecule has 116 valence electrons. The van der Waals surface area contributed by atoms with Gasteiger partial charge in [0.2, 0.25) is 0 Å². The maximum absolute atomic E-state index is 11.8. The van der Waals surface area contributed by atoms with Gasteiger partial charge in [-0.1, -0.05) is 0 Å². The van der Waals surface area contributed by atoms with E-state index in [1.54, 1.807) is 32.4 Å². The molecule has 0 saturated heterocycles. The van der Waals surface area contributed by atoms with Gasteiger partial charge in [-0.25, -0.2) is 4.79 Å². The first-order valence-corrected chi connectivity index (χ1v) is 6.52. The van der Waals surface area contributed by atoms with Crippen LogP contribution >= 0.6 is 0 Å². The van der Waals surface area contributed by atoms with E-state index in [2.05, 4.69) is 0 Å². The summed E-state index contributed by atoms with van der Waals surface area (Å²) in [7, 11) is 4.62. The Labute approximate surface area is 125 Å². The van der Waals surface area contributed by atoms with Crippen molar-refractivity contribution in [1.82, 2.24) is 0 Å². The minimum absolute atomic E-state index is 0.436. The second kappa shape index (κ2) is 7.02. The second-order valence-corrected chi connectivity index (χ2v) is 5.28. The van der Waals surface area contributed by atoms with Gasteiger partial charge in [0.05, 0.1) is 26.9 Å². The zero-order chi connectivity index (χ0) is 16.0. The van der Waals surface area contributed by atoms with Gasteiger partial charge >= 0.3 is 5.97 Å². The Hall–Kier alpha value is -2.17. The van der Waals surface area contributed by atoms with E-state index in [0.29, 0.717) is 22.8 Å². The largest absolute Gasteiger partial charge is 0.496 e. The molecule has 0 atom stereocenters. The van der Waals surface area contributed by atoms with Gasteiger partial charge in [-0.05, 0) is 39.0 Å². The predicted octanol–water partition coefficient (Wildman–Crippen LogP) is 3.07. The lowest BCUT2D eigenvalue weighted by molar-refractivity contribution is -0.148. The monoisotopic (exact) mass is 294 g/mol. The minimum Gasteiger partial charge on any atom is -0.496 e. The highest BCUT2D eigenvalue weighted by atomic mass is 16.6. The smallest absolute Gasteiger partial charge is 0.331 e. The normalized spacial score (nSPS) is 11.3. The molecule has 1 aromatic carbocycles. The Morgan fingerprint density at radius 3 is 2.05 bits per heavy atom. The van der Waals surface area contributed by atoms with E-state index in [4.69, 9.17) is 18.9 Å². The number of hydrogen-bond donors (Lipinski definition) is 0. The molecule has 0 amide bonds. The summed E-state index contributed by atoms with van der Waals surface area (Å²) in [6.07, 6.45) is 2.93. The first-order chi connectivity index (χ1) is 9.82. The van der Waals surface area contributed by atoms with Crippen molar-refractivity contribution in [3.8, 4) is 17.2 Å². The van der Waals surface area contributed by atoms with Gasteiger partial charge in [0, 0.05) is 6.08 Å². The Morgan fingerprint density at radius 2 is 1.57 bits per heavy atom. The van der Waals surface area contributed by atoms with Crippen molar-refractivity contribution >= 4 is 12.0 Å². The zero-order valence-corrected chi connectivity index (χ0v) is 13.4. The Morgan fingerprint density at radius 1 is 1.00 bits per heavy atom. The van der Waals surface area contributed by atoms with Crippen molar-refractivity contribution < 1.29 is 23.7 Å². The molecule has 0 radical (unpaired) electrons. The van der Waals surface area contributed by atoms with Crippen LogP contribution in [0, 0.1) is 0 Å². The van der Waals surface area contributed by atoms with Crippen LogP contribution in [0.25, 0.3) is 6.08 Å². The average Bonchev–Trinajstić information content (AvgIpc) is 2.41. The molecular weight excluding hydrogens is 272 g/mol. The molecule has 0 unspecified atom stereocenters. The fraction of sp³-hybridized carbons (Fsp3) is 0.438. The number of benzene rings is 1. The van der Waals surface area contributed by atoms with Gasteiger partial charge in [0.15, 0.2) is 11.5 Å². The molecule has 1 rings (SSSR count). The van der Waals surface area contributed by atoms with Crippen LogP contribution in [-0.2, 0) is 9.53 Å². The molecule has 5 nitrogen and oxygen atoms in total. The molecule has 0 saturated carbocycles. The van der Waals surface area contributed by atoms with Gasteiger partial charge in [-0.2, -0.15) is 0 Å². The van der Waals surface area contributed by atoms with Crippen LogP contribution < -0.4 is 14.2 Å². The number of rotatable bonds is 5. The van der Waals surface area contributed by atoms with Gasteiger partial charge in [0.25, 0.3) is 0 Å². The first kappa shape index (κ1) is 16.9. The molecule has 1 aromatic rings. The van der Waals surface area contributed by atoms with E-state index in [0.717, 1.165) is 0 Å². The maximum Gasteiger partial charge on any atom is 0.331 e.